The second-order valence-corrected chi connectivity index (χ2v) is 13.1. The average molecular weight is 654 g/mol. The zero-order chi connectivity index (χ0) is 33.9. The van der Waals surface area contributed by atoms with Gasteiger partial charge in [0.15, 0.2) is 17.5 Å². The van der Waals surface area contributed by atoms with Crippen LogP contribution in [-0.2, 0) is 0 Å². The van der Waals surface area contributed by atoms with Gasteiger partial charge in [-0.05, 0) is 83.9 Å². The van der Waals surface area contributed by atoms with Gasteiger partial charge in [-0.25, -0.2) is 15.0 Å². The molecule has 5 heteroatoms. The third kappa shape index (κ3) is 4.90. The maximum Gasteiger partial charge on any atom is 0.164 e. The molecular weight excluding hydrogens is 623 g/mol. The highest BCUT2D eigenvalue weighted by atomic mass is 15.0. The van der Waals surface area contributed by atoms with E-state index in [1.54, 1.807) is 0 Å². The van der Waals surface area contributed by atoms with Crippen molar-refractivity contribution in [1.29, 1.82) is 0 Å². The maximum atomic E-state index is 5.06. The number of nitrogens with zero attached hydrogens (tertiary/aromatic N) is 5. The van der Waals surface area contributed by atoms with E-state index in [0.717, 1.165) is 44.7 Å². The van der Waals surface area contributed by atoms with Crippen molar-refractivity contribution in [2.75, 3.05) is 0 Å². The van der Waals surface area contributed by atoms with E-state index in [0.29, 0.717) is 17.5 Å². The van der Waals surface area contributed by atoms with Crippen LogP contribution in [0.25, 0.3) is 89.0 Å². The van der Waals surface area contributed by atoms with E-state index >= 15 is 0 Å². The summed E-state index contributed by atoms with van der Waals surface area (Å²) < 4.78 is 4.66. The Hall–Kier alpha value is -6.85. The van der Waals surface area contributed by atoms with E-state index in [1.165, 1.54) is 32.4 Å². The standard InChI is InChI=1S/C46H31N5/c1-30-25-34(46-48-44(31-13-5-2-6-14-31)47-45(49-46)32-15-7-3-8-16-32)27-36(26-30)51-42-20-12-11-19-37(42)40-28-33-21-22-41-38(39(33)29-43(40)51)23-24-50(41)35-17-9-4-10-18-35/h2-29H,1H3. The Morgan fingerprint density at radius 1 is 0.392 bits per heavy atom. The Bertz CT molecular complexity index is 2850. The summed E-state index contributed by atoms with van der Waals surface area (Å²) in [6.45, 7) is 2.14. The molecule has 51 heavy (non-hydrogen) atoms. The van der Waals surface area contributed by atoms with E-state index in [9.17, 15) is 0 Å². The van der Waals surface area contributed by atoms with Crippen molar-refractivity contribution in [2.45, 2.75) is 6.92 Å². The summed E-state index contributed by atoms with van der Waals surface area (Å²) in [6.07, 6.45) is 2.17. The van der Waals surface area contributed by atoms with Crippen molar-refractivity contribution in [1.82, 2.24) is 24.1 Å². The van der Waals surface area contributed by atoms with E-state index < -0.39 is 0 Å². The Kier molecular flexibility index (Phi) is 6.64. The topological polar surface area (TPSA) is 48.5 Å². The lowest BCUT2D eigenvalue weighted by atomic mass is 10.0. The number of para-hydroxylation sites is 2. The van der Waals surface area contributed by atoms with Crippen LogP contribution >= 0.6 is 0 Å². The second-order valence-electron chi connectivity index (χ2n) is 13.1. The van der Waals surface area contributed by atoms with Crippen LogP contribution in [-0.4, -0.2) is 24.1 Å². The molecule has 10 rings (SSSR count). The van der Waals surface area contributed by atoms with Crippen molar-refractivity contribution in [3.05, 3.63) is 176 Å². The summed E-state index contributed by atoms with van der Waals surface area (Å²) in [7, 11) is 0. The normalized spacial score (nSPS) is 11.6. The molecule has 0 saturated heterocycles. The molecule has 0 radical (unpaired) electrons. The minimum absolute atomic E-state index is 0.642. The van der Waals surface area contributed by atoms with Gasteiger partial charge in [0.05, 0.1) is 16.6 Å². The van der Waals surface area contributed by atoms with Crippen molar-refractivity contribution >= 4 is 43.5 Å². The van der Waals surface area contributed by atoms with Crippen LogP contribution in [0.5, 0.6) is 0 Å². The predicted molar refractivity (Wildman–Crippen MR) is 210 cm³/mol. The first-order valence-electron chi connectivity index (χ1n) is 17.2. The molecule has 0 N–H and O–H groups in total. The summed E-state index contributed by atoms with van der Waals surface area (Å²) >= 11 is 0. The average Bonchev–Trinajstić information content (AvgIpc) is 3.77. The molecule has 0 aliphatic carbocycles. The number of rotatable bonds is 5. The van der Waals surface area contributed by atoms with Crippen LogP contribution in [0, 0.1) is 6.92 Å². The van der Waals surface area contributed by atoms with Gasteiger partial charge >= 0.3 is 0 Å². The maximum absolute atomic E-state index is 5.06. The van der Waals surface area contributed by atoms with Crippen LogP contribution < -0.4 is 0 Å². The van der Waals surface area contributed by atoms with Gasteiger partial charge in [0, 0.05) is 50.4 Å². The van der Waals surface area contributed by atoms with Crippen LogP contribution in [0.15, 0.2) is 170 Å². The van der Waals surface area contributed by atoms with Gasteiger partial charge < -0.3 is 9.13 Å². The molecule has 3 aromatic heterocycles. The Labute approximate surface area is 294 Å². The highest BCUT2D eigenvalue weighted by Crippen LogP contribution is 2.38. The highest BCUT2D eigenvalue weighted by Gasteiger charge is 2.18. The number of benzene rings is 7. The molecule has 10 aromatic rings. The number of aryl methyl sites for hydroxylation is 1. The van der Waals surface area contributed by atoms with Crippen molar-refractivity contribution in [2.24, 2.45) is 0 Å². The first-order valence-corrected chi connectivity index (χ1v) is 17.2. The fourth-order valence-corrected chi connectivity index (χ4v) is 7.46. The Balaban J connectivity index is 1.20. The van der Waals surface area contributed by atoms with E-state index in [4.69, 9.17) is 15.0 Å². The van der Waals surface area contributed by atoms with Gasteiger partial charge in [0.1, 0.15) is 0 Å². The molecular formula is C46H31N5. The van der Waals surface area contributed by atoms with Gasteiger partial charge in [-0.1, -0.05) is 103 Å². The molecule has 0 aliphatic heterocycles. The van der Waals surface area contributed by atoms with Crippen LogP contribution in [0.4, 0.5) is 0 Å². The van der Waals surface area contributed by atoms with Crippen LogP contribution in [0.2, 0.25) is 0 Å². The lowest BCUT2D eigenvalue weighted by Gasteiger charge is -2.13. The van der Waals surface area contributed by atoms with Gasteiger partial charge in [-0.2, -0.15) is 0 Å². The van der Waals surface area contributed by atoms with Crippen molar-refractivity contribution in [3.8, 4) is 45.5 Å². The first-order chi connectivity index (χ1) is 25.2. The molecule has 0 amide bonds. The van der Waals surface area contributed by atoms with E-state index in [1.807, 2.05) is 60.7 Å². The predicted octanol–water partition coefficient (Wildman–Crippen LogP) is 11.4. The lowest BCUT2D eigenvalue weighted by Crippen LogP contribution is -2.01. The van der Waals surface area contributed by atoms with Crippen molar-refractivity contribution < 1.29 is 0 Å². The van der Waals surface area contributed by atoms with E-state index in [-0.39, 0.29) is 0 Å². The number of hydrogen-bond acceptors (Lipinski definition) is 3. The smallest absolute Gasteiger partial charge is 0.164 e. The molecule has 0 spiro atoms. The molecule has 5 nitrogen and oxygen atoms in total. The zero-order valence-corrected chi connectivity index (χ0v) is 27.9. The van der Waals surface area contributed by atoms with Gasteiger partial charge in [-0.3, -0.25) is 0 Å². The Morgan fingerprint density at radius 3 is 1.71 bits per heavy atom. The fraction of sp³-hybridized carbons (Fsp3) is 0.0217. The second kappa shape index (κ2) is 11.6. The number of fused-ring (bicyclic) bond motifs is 6. The van der Waals surface area contributed by atoms with Crippen LogP contribution in [0.3, 0.4) is 0 Å². The van der Waals surface area contributed by atoms with Gasteiger partial charge in [0.2, 0.25) is 0 Å². The quantitative estimate of drug-likeness (QED) is 0.186. The van der Waals surface area contributed by atoms with Crippen molar-refractivity contribution in [3.63, 3.8) is 0 Å². The van der Waals surface area contributed by atoms with E-state index in [2.05, 4.69) is 125 Å². The lowest BCUT2D eigenvalue weighted by molar-refractivity contribution is 1.07. The molecule has 0 unspecified atom stereocenters. The van der Waals surface area contributed by atoms with Gasteiger partial charge in [0.25, 0.3) is 0 Å². The monoisotopic (exact) mass is 653 g/mol. The first kappa shape index (κ1) is 29.1. The third-order valence-corrected chi connectivity index (χ3v) is 9.79. The highest BCUT2D eigenvalue weighted by molar-refractivity contribution is 6.18. The summed E-state index contributed by atoms with van der Waals surface area (Å²) in [6, 6.07) is 57.6. The summed E-state index contributed by atoms with van der Waals surface area (Å²) in [4.78, 5) is 15.0. The molecule has 0 fully saturated rings. The molecule has 0 aliphatic rings. The molecule has 240 valence electrons. The summed E-state index contributed by atoms with van der Waals surface area (Å²) in [5.41, 5.74) is 9.68. The minimum atomic E-state index is 0.642. The largest absolute Gasteiger partial charge is 0.317 e. The Morgan fingerprint density at radius 2 is 1.00 bits per heavy atom. The summed E-state index contributed by atoms with van der Waals surface area (Å²) in [5.74, 6) is 1.94. The molecule has 0 saturated carbocycles. The molecule has 7 aromatic carbocycles. The third-order valence-electron chi connectivity index (χ3n) is 9.79. The number of aromatic nitrogens is 5. The summed E-state index contributed by atoms with van der Waals surface area (Å²) in [5, 5.41) is 6.12. The zero-order valence-electron chi connectivity index (χ0n) is 27.9. The number of hydrogen-bond donors (Lipinski definition) is 0. The minimum Gasteiger partial charge on any atom is -0.317 e. The van der Waals surface area contributed by atoms with Crippen LogP contribution in [0.1, 0.15) is 5.56 Å². The molecule has 3 heterocycles. The molecule has 0 atom stereocenters. The molecule has 0 bridgehead atoms. The van der Waals surface area contributed by atoms with Gasteiger partial charge in [-0.15, -0.1) is 0 Å². The SMILES string of the molecule is Cc1cc(-c2nc(-c3ccccc3)nc(-c3ccccc3)n2)cc(-n2c3ccccc3c3cc4ccc5c(ccn5-c5ccccc5)c4cc32)c1. The fourth-order valence-electron chi connectivity index (χ4n) is 7.46.